The van der Waals surface area contributed by atoms with Crippen LogP contribution in [-0.4, -0.2) is 49.4 Å². The van der Waals surface area contributed by atoms with E-state index in [1.165, 1.54) is 7.11 Å². The summed E-state index contributed by atoms with van der Waals surface area (Å²) in [6.45, 7) is 13.6. The van der Waals surface area contributed by atoms with Crippen LogP contribution in [-0.2, 0) is 20.7 Å². The molecule has 1 aromatic rings. The largest absolute Gasteiger partial charge is 0.453 e. The van der Waals surface area contributed by atoms with E-state index in [-0.39, 0.29) is 24.4 Å². The van der Waals surface area contributed by atoms with Crippen LogP contribution in [0.5, 0.6) is 0 Å². The minimum absolute atomic E-state index is 0.0519. The number of rotatable bonds is 7. The highest BCUT2D eigenvalue weighted by Gasteiger charge is 2.33. The summed E-state index contributed by atoms with van der Waals surface area (Å²) in [4.78, 5) is 39.0. The Kier molecular flexibility index (Phi) is 8.52. The maximum atomic E-state index is 13.4. The molecule has 8 nitrogen and oxygen atoms in total. The van der Waals surface area contributed by atoms with Crippen LogP contribution in [0.25, 0.3) is 0 Å². The van der Waals surface area contributed by atoms with Crippen molar-refractivity contribution in [2.75, 3.05) is 18.6 Å². The molecule has 0 aromatic heterocycles. The van der Waals surface area contributed by atoms with Crippen molar-refractivity contribution in [3.05, 3.63) is 42.5 Å². The second-order valence-corrected chi connectivity index (χ2v) is 10.2. The predicted octanol–water partition coefficient (Wildman–Crippen LogP) is 4.19. The maximum absolute atomic E-state index is 13.4. The average Bonchev–Trinajstić information content (AvgIpc) is 2.70. The number of carbonyl (C=O) groups excluding carboxylic acids is 3. The van der Waals surface area contributed by atoms with Gasteiger partial charge in [0.1, 0.15) is 5.60 Å². The topological polar surface area (TPSA) is 97.0 Å². The van der Waals surface area contributed by atoms with Gasteiger partial charge in [0.25, 0.3) is 0 Å². The van der Waals surface area contributed by atoms with E-state index in [9.17, 15) is 14.4 Å². The van der Waals surface area contributed by atoms with Gasteiger partial charge >= 0.3 is 12.2 Å². The molecule has 8 heteroatoms. The molecule has 0 radical (unpaired) electrons. The van der Waals surface area contributed by atoms with E-state index in [2.05, 4.69) is 17.2 Å². The Bertz CT molecular complexity index is 875. The predicted molar refractivity (Wildman–Crippen MR) is 128 cm³/mol. The molecule has 1 aliphatic rings. The molecule has 33 heavy (non-hydrogen) atoms. The lowest BCUT2D eigenvalue weighted by Gasteiger charge is -2.37. The number of nitrogens with one attached hydrogen (secondary N) is 2. The Morgan fingerprint density at radius 2 is 1.85 bits per heavy atom. The van der Waals surface area contributed by atoms with E-state index in [0.29, 0.717) is 19.4 Å². The van der Waals surface area contributed by atoms with E-state index in [1.54, 1.807) is 31.7 Å². The first-order chi connectivity index (χ1) is 15.3. The lowest BCUT2D eigenvalue weighted by molar-refractivity contribution is -0.120. The summed E-state index contributed by atoms with van der Waals surface area (Å²) >= 11 is 0. The lowest BCUT2D eigenvalue weighted by Crippen LogP contribution is -2.51. The SMILES string of the molecule is C=C[C@H](CC(C)(C)CC(=O)N1CC(NC(=O)OC)Cc2ccccc21)NC(=O)OC(C)(C)C. The highest BCUT2D eigenvalue weighted by atomic mass is 16.6. The summed E-state index contributed by atoms with van der Waals surface area (Å²) in [7, 11) is 1.32. The van der Waals surface area contributed by atoms with Crippen molar-refractivity contribution in [1.29, 1.82) is 0 Å². The molecule has 0 spiro atoms. The minimum atomic E-state index is -0.599. The van der Waals surface area contributed by atoms with Gasteiger partial charge in [0.2, 0.25) is 5.91 Å². The fraction of sp³-hybridized carbons (Fsp3) is 0.560. The first-order valence-corrected chi connectivity index (χ1v) is 11.2. The van der Waals surface area contributed by atoms with E-state index in [1.807, 2.05) is 38.1 Å². The van der Waals surface area contributed by atoms with Gasteiger partial charge in [-0.1, -0.05) is 38.1 Å². The smallest absolute Gasteiger partial charge is 0.408 e. The Morgan fingerprint density at radius 1 is 1.18 bits per heavy atom. The summed E-state index contributed by atoms with van der Waals surface area (Å²) in [5.74, 6) is -0.0519. The molecule has 1 unspecified atom stereocenters. The zero-order valence-electron chi connectivity index (χ0n) is 20.6. The molecule has 1 aliphatic heterocycles. The third-order valence-corrected chi connectivity index (χ3v) is 5.35. The molecule has 0 fully saturated rings. The number of amides is 3. The average molecular weight is 460 g/mol. The third kappa shape index (κ3) is 8.11. The number of hydrogen-bond acceptors (Lipinski definition) is 5. The van der Waals surface area contributed by atoms with Gasteiger partial charge in [-0.25, -0.2) is 9.59 Å². The zero-order chi connectivity index (χ0) is 24.8. The van der Waals surface area contributed by atoms with Crippen LogP contribution in [0.3, 0.4) is 0 Å². The summed E-state index contributed by atoms with van der Waals surface area (Å²) in [5, 5.41) is 5.63. The van der Waals surface area contributed by atoms with Gasteiger partial charge in [0.15, 0.2) is 0 Å². The van der Waals surface area contributed by atoms with Crippen molar-refractivity contribution < 1.29 is 23.9 Å². The molecule has 2 rings (SSSR count). The van der Waals surface area contributed by atoms with Crippen molar-refractivity contribution in [1.82, 2.24) is 10.6 Å². The molecular formula is C25H37N3O5. The minimum Gasteiger partial charge on any atom is -0.453 e. The van der Waals surface area contributed by atoms with Crippen LogP contribution in [0, 0.1) is 5.41 Å². The number of ether oxygens (including phenoxy) is 2. The van der Waals surface area contributed by atoms with Gasteiger partial charge in [-0.2, -0.15) is 0 Å². The van der Waals surface area contributed by atoms with Crippen molar-refractivity contribution >= 4 is 23.8 Å². The number of hydrogen-bond donors (Lipinski definition) is 2. The highest BCUT2D eigenvalue weighted by Crippen LogP contribution is 2.32. The molecule has 0 aliphatic carbocycles. The fourth-order valence-electron chi connectivity index (χ4n) is 3.98. The lowest BCUT2D eigenvalue weighted by atomic mass is 9.81. The number of carbonyl (C=O) groups is 3. The van der Waals surface area contributed by atoms with E-state index in [0.717, 1.165) is 11.3 Å². The zero-order valence-corrected chi connectivity index (χ0v) is 20.6. The Balaban J connectivity index is 2.10. The number of methoxy groups -OCH3 is 1. The van der Waals surface area contributed by atoms with E-state index >= 15 is 0 Å². The number of nitrogens with zero attached hydrogens (tertiary/aromatic N) is 1. The summed E-state index contributed by atoms with van der Waals surface area (Å²) in [6.07, 6.45) is 2.01. The van der Waals surface area contributed by atoms with Crippen molar-refractivity contribution in [2.45, 2.75) is 71.6 Å². The summed E-state index contributed by atoms with van der Waals surface area (Å²) < 4.78 is 10.1. The Labute approximate surface area is 196 Å². The molecule has 2 N–H and O–H groups in total. The first kappa shape index (κ1) is 26.2. The molecule has 0 bridgehead atoms. The molecule has 3 amide bonds. The van der Waals surface area contributed by atoms with Crippen LogP contribution in [0.15, 0.2) is 36.9 Å². The summed E-state index contributed by atoms with van der Waals surface area (Å²) in [6, 6.07) is 7.12. The number of alkyl carbamates (subject to hydrolysis) is 2. The Hall–Kier alpha value is -3.03. The fourth-order valence-corrected chi connectivity index (χ4v) is 3.98. The third-order valence-electron chi connectivity index (χ3n) is 5.35. The molecule has 1 aromatic carbocycles. The number of benzene rings is 1. The maximum Gasteiger partial charge on any atom is 0.408 e. The molecule has 1 heterocycles. The van der Waals surface area contributed by atoms with E-state index < -0.39 is 23.2 Å². The first-order valence-electron chi connectivity index (χ1n) is 11.2. The van der Waals surface area contributed by atoms with Gasteiger partial charge < -0.3 is 25.0 Å². The molecule has 2 atom stereocenters. The number of fused-ring (bicyclic) bond motifs is 1. The normalized spacial score (nSPS) is 16.8. The number of para-hydroxylation sites is 1. The highest BCUT2D eigenvalue weighted by molar-refractivity contribution is 5.95. The van der Waals surface area contributed by atoms with Gasteiger partial charge in [0, 0.05) is 18.7 Å². The van der Waals surface area contributed by atoms with Crippen molar-refractivity contribution in [3.63, 3.8) is 0 Å². The number of anilines is 1. The second kappa shape index (κ2) is 10.7. The Morgan fingerprint density at radius 3 is 2.45 bits per heavy atom. The van der Waals surface area contributed by atoms with Gasteiger partial charge in [-0.05, 0) is 50.7 Å². The van der Waals surface area contributed by atoms with Crippen LogP contribution < -0.4 is 15.5 Å². The van der Waals surface area contributed by atoms with Crippen LogP contribution in [0.4, 0.5) is 15.3 Å². The van der Waals surface area contributed by atoms with Crippen LogP contribution >= 0.6 is 0 Å². The van der Waals surface area contributed by atoms with E-state index in [4.69, 9.17) is 9.47 Å². The van der Waals surface area contributed by atoms with Gasteiger partial charge in [0.05, 0.1) is 19.2 Å². The monoisotopic (exact) mass is 459 g/mol. The van der Waals surface area contributed by atoms with Gasteiger partial charge in [-0.3, -0.25) is 4.79 Å². The quantitative estimate of drug-likeness (QED) is 0.596. The molecule has 182 valence electrons. The second-order valence-electron chi connectivity index (χ2n) is 10.2. The summed E-state index contributed by atoms with van der Waals surface area (Å²) in [5.41, 5.74) is 0.820. The standard InChI is InChI=1S/C25H37N3O5/c1-8-18(26-23(31)33-24(2,3)4)14-25(5,6)15-21(29)28-16-19(27-22(30)32-7)13-17-11-9-10-12-20(17)28/h8-12,18-19H,1,13-16H2,2-7H3,(H,26,31)(H,27,30)/t18-,19?/m1/s1. The van der Waals surface area contributed by atoms with Crippen LogP contribution in [0.1, 0.15) is 53.0 Å². The molecule has 0 saturated carbocycles. The van der Waals surface area contributed by atoms with Gasteiger partial charge in [-0.15, -0.1) is 6.58 Å². The molecular weight excluding hydrogens is 422 g/mol. The van der Waals surface area contributed by atoms with Crippen LogP contribution in [0.2, 0.25) is 0 Å². The van der Waals surface area contributed by atoms with Crippen molar-refractivity contribution in [2.24, 2.45) is 5.41 Å². The van der Waals surface area contributed by atoms with Crippen molar-refractivity contribution in [3.8, 4) is 0 Å². The molecule has 0 saturated heterocycles.